The number of rotatable bonds is 2. The summed E-state index contributed by atoms with van der Waals surface area (Å²) in [6, 6.07) is 4.92. The molecule has 1 amide bonds. The Kier molecular flexibility index (Phi) is 2.32. The Morgan fingerprint density at radius 3 is 2.93 bits per heavy atom. The first-order valence-electron chi connectivity index (χ1n) is 4.28. The van der Waals surface area contributed by atoms with E-state index in [1.807, 2.05) is 0 Å². The van der Waals surface area contributed by atoms with Crippen LogP contribution in [0.2, 0.25) is 0 Å². The van der Waals surface area contributed by atoms with Gasteiger partial charge in [0.25, 0.3) is 5.91 Å². The molecule has 0 fully saturated rings. The summed E-state index contributed by atoms with van der Waals surface area (Å²) in [7, 11) is 0. The molecule has 0 unspecified atom stereocenters. The Hall–Kier alpha value is -2.37. The van der Waals surface area contributed by atoms with Gasteiger partial charge in [-0.15, -0.1) is 0 Å². The summed E-state index contributed by atoms with van der Waals surface area (Å²) in [5.41, 5.74) is 6.14. The lowest BCUT2D eigenvalue weighted by molar-refractivity contribution is 0.102. The Balaban J connectivity index is 2.19. The lowest BCUT2D eigenvalue weighted by Gasteiger charge is -2.03. The van der Waals surface area contributed by atoms with Gasteiger partial charge in [0.1, 0.15) is 5.82 Å². The Labute approximate surface area is 85.5 Å². The van der Waals surface area contributed by atoms with Gasteiger partial charge in [0.2, 0.25) is 0 Å². The Bertz CT molecular complexity index is 465. The molecule has 0 aliphatic rings. The van der Waals surface area contributed by atoms with E-state index in [1.54, 1.807) is 18.2 Å². The maximum Gasteiger partial charge on any atom is 0.277 e. The third-order valence-corrected chi connectivity index (χ3v) is 1.80. The van der Waals surface area contributed by atoms with Crippen molar-refractivity contribution >= 4 is 17.4 Å². The smallest absolute Gasteiger partial charge is 0.277 e. The summed E-state index contributed by atoms with van der Waals surface area (Å²) < 4.78 is 0. The van der Waals surface area contributed by atoms with E-state index in [0.717, 1.165) is 0 Å². The standard InChI is InChI=1S/C9H9N5O/c10-6-2-1-4-11-8(6)9(15)13-7-3-5-12-14-7/h1-5H,10H2,(H2,12,13,14,15). The maximum atomic E-state index is 11.6. The molecule has 2 aromatic rings. The quantitative estimate of drug-likeness (QED) is 0.667. The SMILES string of the molecule is Nc1cccnc1C(=O)Nc1ccn[nH]1. The first-order chi connectivity index (χ1) is 7.27. The van der Waals surface area contributed by atoms with E-state index >= 15 is 0 Å². The zero-order valence-corrected chi connectivity index (χ0v) is 7.77. The summed E-state index contributed by atoms with van der Waals surface area (Å²) in [6.45, 7) is 0. The highest BCUT2D eigenvalue weighted by atomic mass is 16.2. The molecule has 0 aliphatic heterocycles. The zero-order valence-electron chi connectivity index (χ0n) is 7.77. The molecule has 2 heterocycles. The van der Waals surface area contributed by atoms with Gasteiger partial charge in [0.15, 0.2) is 5.69 Å². The van der Waals surface area contributed by atoms with Gasteiger partial charge in [-0.3, -0.25) is 9.89 Å². The molecular formula is C9H9N5O. The number of H-pyrrole nitrogens is 1. The van der Waals surface area contributed by atoms with E-state index in [-0.39, 0.29) is 11.6 Å². The van der Waals surface area contributed by atoms with Crippen LogP contribution >= 0.6 is 0 Å². The van der Waals surface area contributed by atoms with Crippen LogP contribution < -0.4 is 11.1 Å². The van der Waals surface area contributed by atoms with Gasteiger partial charge in [0.05, 0.1) is 11.9 Å². The topological polar surface area (TPSA) is 96.7 Å². The van der Waals surface area contributed by atoms with E-state index in [2.05, 4.69) is 20.5 Å². The number of anilines is 2. The van der Waals surface area contributed by atoms with Crippen molar-refractivity contribution in [3.05, 3.63) is 36.3 Å². The second-order valence-electron chi connectivity index (χ2n) is 2.87. The van der Waals surface area contributed by atoms with Crippen LogP contribution in [0.5, 0.6) is 0 Å². The summed E-state index contributed by atoms with van der Waals surface area (Å²) in [4.78, 5) is 15.5. The molecule has 15 heavy (non-hydrogen) atoms. The minimum Gasteiger partial charge on any atom is -0.397 e. The van der Waals surface area contributed by atoms with Gasteiger partial charge in [-0.25, -0.2) is 4.98 Å². The van der Waals surface area contributed by atoms with Crippen LogP contribution in [-0.2, 0) is 0 Å². The van der Waals surface area contributed by atoms with Gasteiger partial charge >= 0.3 is 0 Å². The van der Waals surface area contributed by atoms with Gasteiger partial charge in [-0.2, -0.15) is 5.10 Å². The van der Waals surface area contributed by atoms with Gasteiger partial charge < -0.3 is 11.1 Å². The molecule has 6 heteroatoms. The molecule has 0 saturated heterocycles. The van der Waals surface area contributed by atoms with Crippen LogP contribution in [0.25, 0.3) is 0 Å². The van der Waals surface area contributed by atoms with E-state index in [4.69, 9.17) is 5.73 Å². The number of carbonyl (C=O) groups is 1. The van der Waals surface area contributed by atoms with Crippen LogP contribution in [-0.4, -0.2) is 21.1 Å². The van der Waals surface area contributed by atoms with Gasteiger partial charge in [0, 0.05) is 12.3 Å². The van der Waals surface area contributed by atoms with E-state index in [0.29, 0.717) is 11.5 Å². The molecule has 0 atom stereocenters. The lowest BCUT2D eigenvalue weighted by Crippen LogP contribution is -2.15. The van der Waals surface area contributed by atoms with Crippen molar-refractivity contribution in [1.82, 2.24) is 15.2 Å². The predicted molar refractivity (Wildman–Crippen MR) is 55.2 cm³/mol. The van der Waals surface area contributed by atoms with Crippen molar-refractivity contribution < 1.29 is 4.79 Å². The molecule has 6 nitrogen and oxygen atoms in total. The highest BCUT2D eigenvalue weighted by Gasteiger charge is 2.10. The largest absolute Gasteiger partial charge is 0.397 e. The number of hydrogen-bond acceptors (Lipinski definition) is 4. The van der Waals surface area contributed by atoms with Gasteiger partial charge in [-0.1, -0.05) is 0 Å². The number of hydrogen-bond donors (Lipinski definition) is 3. The van der Waals surface area contributed by atoms with E-state index < -0.39 is 0 Å². The van der Waals surface area contributed by atoms with Crippen molar-refractivity contribution in [2.75, 3.05) is 11.1 Å². The van der Waals surface area contributed by atoms with Crippen molar-refractivity contribution in [2.45, 2.75) is 0 Å². The first-order valence-corrected chi connectivity index (χ1v) is 4.28. The normalized spacial score (nSPS) is 9.87. The number of carbonyl (C=O) groups excluding carboxylic acids is 1. The highest BCUT2D eigenvalue weighted by molar-refractivity contribution is 6.05. The molecule has 76 valence electrons. The first kappa shape index (κ1) is 9.20. The second-order valence-corrected chi connectivity index (χ2v) is 2.87. The van der Waals surface area contributed by atoms with Crippen molar-refractivity contribution in [3.8, 4) is 0 Å². The van der Waals surface area contributed by atoms with Crippen LogP contribution in [0.1, 0.15) is 10.5 Å². The van der Waals surface area contributed by atoms with Gasteiger partial charge in [-0.05, 0) is 12.1 Å². The fourth-order valence-electron chi connectivity index (χ4n) is 1.11. The number of nitrogens with one attached hydrogen (secondary N) is 2. The van der Waals surface area contributed by atoms with Crippen molar-refractivity contribution in [3.63, 3.8) is 0 Å². The monoisotopic (exact) mass is 203 g/mol. The van der Waals surface area contributed by atoms with E-state index in [1.165, 1.54) is 12.4 Å². The summed E-state index contributed by atoms with van der Waals surface area (Å²) in [5, 5.41) is 8.89. The summed E-state index contributed by atoms with van der Waals surface area (Å²) in [5.74, 6) is 0.141. The maximum absolute atomic E-state index is 11.6. The summed E-state index contributed by atoms with van der Waals surface area (Å²) >= 11 is 0. The third-order valence-electron chi connectivity index (χ3n) is 1.80. The molecule has 0 radical (unpaired) electrons. The van der Waals surface area contributed by atoms with Crippen LogP contribution in [0.3, 0.4) is 0 Å². The average molecular weight is 203 g/mol. The molecule has 2 rings (SSSR count). The van der Waals surface area contributed by atoms with E-state index in [9.17, 15) is 4.79 Å². The molecule has 0 aliphatic carbocycles. The lowest BCUT2D eigenvalue weighted by atomic mass is 10.3. The molecule has 0 aromatic carbocycles. The Morgan fingerprint density at radius 2 is 2.27 bits per heavy atom. The van der Waals surface area contributed by atoms with Crippen molar-refractivity contribution in [1.29, 1.82) is 0 Å². The number of aromatic amines is 1. The minimum atomic E-state index is -0.364. The minimum absolute atomic E-state index is 0.201. The molecule has 0 spiro atoms. The second kappa shape index (κ2) is 3.79. The third kappa shape index (κ3) is 1.93. The zero-order chi connectivity index (χ0) is 10.7. The van der Waals surface area contributed by atoms with Crippen molar-refractivity contribution in [2.24, 2.45) is 0 Å². The highest BCUT2D eigenvalue weighted by Crippen LogP contribution is 2.09. The average Bonchev–Trinajstić information content (AvgIpc) is 2.71. The Morgan fingerprint density at radius 1 is 1.40 bits per heavy atom. The number of nitrogens with zero attached hydrogens (tertiary/aromatic N) is 2. The molecule has 0 saturated carbocycles. The molecular weight excluding hydrogens is 194 g/mol. The fraction of sp³-hybridized carbons (Fsp3) is 0. The fourth-order valence-corrected chi connectivity index (χ4v) is 1.11. The molecule has 0 bridgehead atoms. The number of amides is 1. The number of nitrogens with two attached hydrogens (primary N) is 1. The summed E-state index contributed by atoms with van der Waals surface area (Å²) in [6.07, 6.45) is 3.05. The molecule has 2 aromatic heterocycles. The molecule has 4 N–H and O–H groups in total. The number of pyridine rings is 1. The predicted octanol–water partition coefficient (Wildman–Crippen LogP) is 0.639. The number of nitrogen functional groups attached to an aromatic ring is 1. The van der Waals surface area contributed by atoms with Crippen LogP contribution in [0, 0.1) is 0 Å². The van der Waals surface area contributed by atoms with Crippen LogP contribution in [0.4, 0.5) is 11.5 Å². The number of aromatic nitrogens is 3. The van der Waals surface area contributed by atoms with Crippen LogP contribution in [0.15, 0.2) is 30.6 Å².